The van der Waals surface area contributed by atoms with Crippen molar-refractivity contribution in [1.82, 2.24) is 4.98 Å². The molecule has 3 rings (SSSR count). The highest BCUT2D eigenvalue weighted by Crippen LogP contribution is 2.27. The molecular formula is C21H25N3O3. The second-order valence-corrected chi connectivity index (χ2v) is 7.60. The smallest absolute Gasteiger partial charge is 0.412 e. The summed E-state index contributed by atoms with van der Waals surface area (Å²) in [4.78, 5) is 30.9. The van der Waals surface area contributed by atoms with Crippen molar-refractivity contribution in [3.8, 4) is 0 Å². The largest absolute Gasteiger partial charge is 0.444 e. The fraction of sp³-hybridized carbons (Fsp3) is 0.381. The summed E-state index contributed by atoms with van der Waals surface area (Å²) < 4.78 is 5.21. The summed E-state index contributed by atoms with van der Waals surface area (Å²) in [6, 6.07) is 11.3. The third kappa shape index (κ3) is 4.84. The molecule has 0 aliphatic carbocycles. The first-order chi connectivity index (χ1) is 12.8. The number of aryl methyl sites for hydroxylation is 1. The molecule has 6 heteroatoms. The van der Waals surface area contributed by atoms with Crippen LogP contribution in [0.15, 0.2) is 42.6 Å². The van der Waals surface area contributed by atoms with Crippen LogP contribution in [0.5, 0.6) is 0 Å². The van der Waals surface area contributed by atoms with Crippen molar-refractivity contribution in [3.63, 3.8) is 0 Å². The van der Waals surface area contributed by atoms with Gasteiger partial charge in [0.15, 0.2) is 0 Å². The number of carbonyl (C=O) groups excluding carboxylic acids is 2. The minimum atomic E-state index is -0.576. The normalized spacial score (nSPS) is 14.1. The number of nitrogens with zero attached hydrogens (tertiary/aromatic N) is 2. The van der Waals surface area contributed by atoms with Crippen LogP contribution in [0.2, 0.25) is 0 Å². The number of hydrogen-bond donors (Lipinski definition) is 1. The number of para-hydroxylation sites is 1. The summed E-state index contributed by atoms with van der Waals surface area (Å²) in [5.74, 6) is -0.131. The van der Waals surface area contributed by atoms with E-state index >= 15 is 0 Å². The van der Waals surface area contributed by atoms with Crippen LogP contribution in [0.3, 0.4) is 0 Å². The zero-order chi connectivity index (χ0) is 19.4. The van der Waals surface area contributed by atoms with E-state index in [-0.39, 0.29) is 5.91 Å². The van der Waals surface area contributed by atoms with E-state index in [1.54, 1.807) is 37.8 Å². The second-order valence-electron chi connectivity index (χ2n) is 7.60. The van der Waals surface area contributed by atoms with Crippen LogP contribution in [0, 0.1) is 0 Å². The van der Waals surface area contributed by atoms with Gasteiger partial charge >= 0.3 is 6.09 Å². The molecule has 142 valence electrons. The molecule has 2 amide bonds. The molecule has 0 spiro atoms. The topological polar surface area (TPSA) is 71.5 Å². The minimum absolute atomic E-state index is 0.131. The van der Waals surface area contributed by atoms with E-state index < -0.39 is 11.7 Å². The van der Waals surface area contributed by atoms with Gasteiger partial charge in [-0.05, 0) is 63.8 Å². The van der Waals surface area contributed by atoms with Crippen molar-refractivity contribution in [3.05, 3.63) is 53.9 Å². The Morgan fingerprint density at radius 3 is 2.59 bits per heavy atom. The van der Waals surface area contributed by atoms with Gasteiger partial charge in [-0.2, -0.15) is 0 Å². The predicted molar refractivity (Wildman–Crippen MR) is 105 cm³/mol. The molecule has 0 saturated carbocycles. The first-order valence-corrected chi connectivity index (χ1v) is 9.19. The van der Waals surface area contributed by atoms with Crippen molar-refractivity contribution >= 4 is 23.4 Å². The molecule has 0 unspecified atom stereocenters. The van der Waals surface area contributed by atoms with Gasteiger partial charge in [0, 0.05) is 12.2 Å². The fourth-order valence-corrected chi connectivity index (χ4v) is 3.06. The van der Waals surface area contributed by atoms with Crippen LogP contribution < -0.4 is 10.2 Å². The van der Waals surface area contributed by atoms with Gasteiger partial charge in [0.2, 0.25) is 0 Å². The summed E-state index contributed by atoms with van der Waals surface area (Å²) in [6.07, 6.45) is 3.92. The van der Waals surface area contributed by atoms with Gasteiger partial charge in [0.05, 0.1) is 11.9 Å². The number of benzene rings is 1. The SMILES string of the molecule is CC(C)(C)OC(=O)Nc1ccc(C(=O)N2CCCCc3ccccc32)nc1. The molecule has 1 aliphatic heterocycles. The van der Waals surface area contributed by atoms with Crippen molar-refractivity contribution in [1.29, 1.82) is 0 Å². The lowest BCUT2D eigenvalue weighted by atomic mass is 10.1. The average Bonchev–Trinajstić information content (AvgIpc) is 2.82. The van der Waals surface area contributed by atoms with Gasteiger partial charge in [-0.1, -0.05) is 18.2 Å². The van der Waals surface area contributed by atoms with Crippen LogP contribution in [0.1, 0.15) is 49.7 Å². The average molecular weight is 367 g/mol. The minimum Gasteiger partial charge on any atom is -0.444 e. The van der Waals surface area contributed by atoms with E-state index in [2.05, 4.69) is 16.4 Å². The van der Waals surface area contributed by atoms with Gasteiger partial charge < -0.3 is 9.64 Å². The number of pyridine rings is 1. The number of carbonyl (C=O) groups is 2. The van der Waals surface area contributed by atoms with E-state index in [0.717, 1.165) is 24.9 Å². The lowest BCUT2D eigenvalue weighted by Crippen LogP contribution is -2.32. The van der Waals surface area contributed by atoms with Gasteiger partial charge in [0.1, 0.15) is 11.3 Å². The molecule has 0 atom stereocenters. The Labute approximate surface area is 159 Å². The number of ether oxygens (including phenoxy) is 1. The third-order valence-corrected chi connectivity index (χ3v) is 4.23. The Morgan fingerprint density at radius 2 is 1.89 bits per heavy atom. The van der Waals surface area contributed by atoms with E-state index in [1.165, 1.54) is 11.8 Å². The lowest BCUT2D eigenvalue weighted by molar-refractivity contribution is 0.0635. The number of hydrogen-bond acceptors (Lipinski definition) is 4. The van der Waals surface area contributed by atoms with Gasteiger partial charge in [-0.25, -0.2) is 9.78 Å². The molecule has 1 aromatic carbocycles. The Hall–Kier alpha value is -2.89. The van der Waals surface area contributed by atoms with Crippen molar-refractivity contribution in [2.75, 3.05) is 16.8 Å². The maximum atomic E-state index is 13.0. The molecule has 1 aromatic heterocycles. The number of anilines is 2. The molecule has 0 bridgehead atoms. The van der Waals surface area contributed by atoms with E-state index in [4.69, 9.17) is 4.74 Å². The second kappa shape index (κ2) is 7.78. The number of fused-ring (bicyclic) bond motifs is 1. The predicted octanol–water partition coefficient (Wildman–Crippen LogP) is 4.41. The number of nitrogens with one attached hydrogen (secondary N) is 1. The highest BCUT2D eigenvalue weighted by atomic mass is 16.6. The molecule has 0 saturated heterocycles. The monoisotopic (exact) mass is 367 g/mol. The maximum absolute atomic E-state index is 13.0. The first kappa shape index (κ1) is 18.9. The summed E-state index contributed by atoms with van der Waals surface area (Å²) in [6.45, 7) is 6.07. The van der Waals surface area contributed by atoms with Crippen LogP contribution in [0.25, 0.3) is 0 Å². The van der Waals surface area contributed by atoms with Crippen molar-refractivity contribution in [2.24, 2.45) is 0 Å². The van der Waals surface area contributed by atoms with Crippen molar-refractivity contribution < 1.29 is 14.3 Å². The highest BCUT2D eigenvalue weighted by molar-refractivity contribution is 6.05. The third-order valence-electron chi connectivity index (χ3n) is 4.23. The molecular weight excluding hydrogens is 342 g/mol. The highest BCUT2D eigenvalue weighted by Gasteiger charge is 2.23. The number of amides is 2. The molecule has 1 N–H and O–H groups in total. The van der Waals surface area contributed by atoms with Crippen LogP contribution >= 0.6 is 0 Å². The Balaban J connectivity index is 1.74. The molecule has 1 aliphatic rings. The van der Waals surface area contributed by atoms with E-state index in [1.807, 2.05) is 18.2 Å². The zero-order valence-corrected chi connectivity index (χ0v) is 16.0. The Kier molecular flexibility index (Phi) is 5.44. The summed E-state index contributed by atoms with van der Waals surface area (Å²) in [5.41, 5.74) is 2.40. The number of rotatable bonds is 2. The molecule has 6 nitrogen and oxygen atoms in total. The Morgan fingerprint density at radius 1 is 1.11 bits per heavy atom. The Bertz CT molecular complexity index is 825. The first-order valence-electron chi connectivity index (χ1n) is 9.19. The maximum Gasteiger partial charge on any atom is 0.412 e. The van der Waals surface area contributed by atoms with Gasteiger partial charge in [0.25, 0.3) is 5.91 Å². The lowest BCUT2D eigenvalue weighted by Gasteiger charge is -2.22. The standard InChI is InChI=1S/C21H25N3O3/c1-21(2,3)27-20(26)23-16-11-12-17(22-14-16)19(25)24-13-7-6-9-15-8-4-5-10-18(15)24/h4-5,8,10-12,14H,6-7,9,13H2,1-3H3,(H,23,26). The molecule has 0 radical (unpaired) electrons. The van der Waals surface area contributed by atoms with Crippen molar-refractivity contribution in [2.45, 2.75) is 45.6 Å². The zero-order valence-electron chi connectivity index (χ0n) is 16.0. The quantitative estimate of drug-likeness (QED) is 0.853. The summed E-state index contributed by atoms with van der Waals surface area (Å²) >= 11 is 0. The molecule has 2 aromatic rings. The number of aromatic nitrogens is 1. The molecule has 27 heavy (non-hydrogen) atoms. The molecule has 0 fully saturated rings. The van der Waals surface area contributed by atoms with E-state index in [9.17, 15) is 9.59 Å². The van der Waals surface area contributed by atoms with Gasteiger partial charge in [-0.3, -0.25) is 10.1 Å². The summed E-state index contributed by atoms with van der Waals surface area (Å²) in [5, 5.41) is 2.62. The van der Waals surface area contributed by atoms with Gasteiger partial charge in [-0.15, -0.1) is 0 Å². The summed E-state index contributed by atoms with van der Waals surface area (Å²) in [7, 11) is 0. The van der Waals surface area contributed by atoms with Crippen LogP contribution in [-0.2, 0) is 11.2 Å². The van der Waals surface area contributed by atoms with Crippen LogP contribution in [0.4, 0.5) is 16.2 Å². The van der Waals surface area contributed by atoms with E-state index in [0.29, 0.717) is 17.9 Å². The fourth-order valence-electron chi connectivity index (χ4n) is 3.06. The van der Waals surface area contributed by atoms with Crippen LogP contribution in [-0.4, -0.2) is 29.1 Å². The molecule has 2 heterocycles.